The van der Waals surface area contributed by atoms with Crippen molar-refractivity contribution in [1.29, 1.82) is 0 Å². The normalized spacial score (nSPS) is 14.2. The van der Waals surface area contributed by atoms with Crippen molar-refractivity contribution in [3.63, 3.8) is 0 Å². The molecule has 3 rings (SSSR count). The number of nitrogens with zero attached hydrogens (tertiary/aromatic N) is 2. The van der Waals surface area contributed by atoms with Crippen molar-refractivity contribution in [2.45, 2.75) is 6.92 Å². The van der Waals surface area contributed by atoms with Crippen LogP contribution in [0.4, 0.5) is 0 Å². The Hall–Kier alpha value is -1.98. The molecule has 2 aromatic carbocycles. The lowest BCUT2D eigenvalue weighted by Gasteiger charge is -2.14. The fourth-order valence-corrected chi connectivity index (χ4v) is 2.26. The summed E-state index contributed by atoms with van der Waals surface area (Å²) < 4.78 is 1.56. The third-order valence-electron chi connectivity index (χ3n) is 3.05. The van der Waals surface area contributed by atoms with Crippen molar-refractivity contribution in [3.05, 3.63) is 59.7 Å². The molecule has 1 aliphatic rings. The molecule has 0 saturated heterocycles. The Balaban J connectivity index is 2.09. The summed E-state index contributed by atoms with van der Waals surface area (Å²) >= 11 is 4.30. The predicted octanol–water partition coefficient (Wildman–Crippen LogP) is 2.49. The van der Waals surface area contributed by atoms with Gasteiger partial charge in [0.1, 0.15) is 0 Å². The van der Waals surface area contributed by atoms with Crippen LogP contribution in [0.15, 0.2) is 53.6 Å². The first kappa shape index (κ1) is 12.1. The van der Waals surface area contributed by atoms with Crippen LogP contribution < -0.4 is 11.1 Å². The van der Waals surface area contributed by atoms with Crippen LogP contribution in [0.2, 0.25) is 0 Å². The predicted molar refractivity (Wildman–Crippen MR) is 80.2 cm³/mol. The molecule has 0 aliphatic carbocycles. The lowest BCUT2D eigenvalue weighted by molar-refractivity contribution is 0.457. The van der Waals surface area contributed by atoms with E-state index in [-0.39, 0.29) is 0 Å². The van der Waals surface area contributed by atoms with Crippen LogP contribution in [0, 0.1) is 6.92 Å². The van der Waals surface area contributed by atoms with Crippen LogP contribution in [-0.2, 0) is 0 Å². The summed E-state index contributed by atoms with van der Waals surface area (Å²) in [6.07, 6.45) is 0. The number of nitrogens with one attached hydrogen (secondary N) is 2. The van der Waals surface area contributed by atoms with Crippen LogP contribution in [0.25, 0.3) is 11.1 Å². The first-order valence-electron chi connectivity index (χ1n) is 5.99. The minimum absolute atomic E-state index is 0.750. The second-order valence-electron chi connectivity index (χ2n) is 4.38. The number of hydrazone groups is 1. The van der Waals surface area contributed by atoms with Gasteiger partial charge in [-0.05, 0) is 30.9 Å². The van der Waals surface area contributed by atoms with E-state index in [0.29, 0.717) is 0 Å². The van der Waals surface area contributed by atoms with E-state index >= 15 is 0 Å². The highest BCUT2D eigenvalue weighted by Gasteiger charge is 2.18. The fourth-order valence-electron chi connectivity index (χ4n) is 2.06. The van der Waals surface area contributed by atoms with Crippen molar-refractivity contribution >= 4 is 18.7 Å². The highest BCUT2D eigenvalue weighted by atomic mass is 32.1. The van der Waals surface area contributed by atoms with Gasteiger partial charge in [-0.1, -0.05) is 54.1 Å². The van der Waals surface area contributed by atoms with Crippen LogP contribution in [-0.4, -0.2) is 10.2 Å². The van der Waals surface area contributed by atoms with Crippen molar-refractivity contribution < 1.29 is 0 Å². The molecule has 0 unspecified atom stereocenters. The highest BCUT2D eigenvalue weighted by Crippen LogP contribution is 2.26. The van der Waals surface area contributed by atoms with Gasteiger partial charge in [-0.25, -0.2) is 9.95 Å². The second kappa shape index (κ2) is 4.95. The molecule has 0 amide bonds. The van der Waals surface area contributed by atoms with Gasteiger partial charge in [-0.3, -0.25) is 0 Å². The van der Waals surface area contributed by atoms with Crippen LogP contribution in [0.3, 0.4) is 0 Å². The van der Waals surface area contributed by atoms with Crippen LogP contribution >= 0.6 is 12.8 Å². The summed E-state index contributed by atoms with van der Waals surface area (Å²) in [4.78, 5) is 0. The first-order chi connectivity index (χ1) is 9.25. The van der Waals surface area contributed by atoms with Crippen molar-refractivity contribution in [1.82, 2.24) is 15.5 Å². The average molecular weight is 270 g/mol. The number of thiol groups is 1. The Labute approximate surface area is 117 Å². The number of hydrogen-bond acceptors (Lipinski definition) is 5. The molecule has 0 aromatic heterocycles. The molecule has 2 aromatic rings. The molecule has 1 heterocycles. The summed E-state index contributed by atoms with van der Waals surface area (Å²) in [6.45, 7) is 2.08. The smallest absolute Gasteiger partial charge is 0.183 e. The third kappa shape index (κ3) is 2.30. The molecule has 0 atom stereocenters. The average Bonchev–Trinajstić information content (AvgIpc) is 2.86. The summed E-state index contributed by atoms with van der Waals surface area (Å²) in [7, 11) is 0. The van der Waals surface area contributed by atoms with Crippen molar-refractivity contribution in [2.75, 3.05) is 0 Å². The number of aryl methyl sites for hydroxylation is 1. The van der Waals surface area contributed by atoms with Gasteiger partial charge in [0.2, 0.25) is 0 Å². The zero-order chi connectivity index (χ0) is 13.2. The van der Waals surface area contributed by atoms with E-state index in [1.54, 1.807) is 4.41 Å². The molecule has 1 aliphatic heterocycles. The largest absolute Gasteiger partial charge is 0.222 e. The first-order valence-corrected chi connectivity index (χ1v) is 6.39. The lowest BCUT2D eigenvalue weighted by Crippen LogP contribution is -2.33. The van der Waals surface area contributed by atoms with Gasteiger partial charge in [-0.2, -0.15) is 0 Å². The molecule has 0 bridgehead atoms. The number of amidine groups is 1. The summed E-state index contributed by atoms with van der Waals surface area (Å²) in [5.74, 6) is 0.750. The van der Waals surface area contributed by atoms with Crippen LogP contribution in [0.1, 0.15) is 11.1 Å². The minimum Gasteiger partial charge on any atom is -0.222 e. The summed E-state index contributed by atoms with van der Waals surface area (Å²) in [5.41, 5.74) is 10.1. The molecule has 4 nitrogen and oxygen atoms in total. The van der Waals surface area contributed by atoms with E-state index < -0.39 is 0 Å². The minimum atomic E-state index is 0.750. The van der Waals surface area contributed by atoms with Crippen molar-refractivity contribution in [3.8, 4) is 11.1 Å². The van der Waals surface area contributed by atoms with Gasteiger partial charge in [0.25, 0.3) is 0 Å². The Morgan fingerprint density at radius 3 is 2.32 bits per heavy atom. The summed E-state index contributed by atoms with van der Waals surface area (Å²) in [6, 6.07) is 16.6. The SMILES string of the molecule is Cc1ccc(-c2ccccc2C2=NNNN2S)cc1. The highest BCUT2D eigenvalue weighted by molar-refractivity contribution is 7.78. The Kier molecular flexibility index (Phi) is 3.15. The Bertz CT molecular complexity index is 622. The maximum Gasteiger partial charge on any atom is 0.183 e. The quantitative estimate of drug-likeness (QED) is 0.734. The molecule has 0 saturated carbocycles. The number of hydrazine groups is 2. The molecule has 0 fully saturated rings. The maximum atomic E-state index is 4.30. The Morgan fingerprint density at radius 2 is 1.68 bits per heavy atom. The van der Waals surface area contributed by atoms with Gasteiger partial charge in [-0.15, -0.1) is 10.6 Å². The third-order valence-corrected chi connectivity index (χ3v) is 3.34. The number of rotatable bonds is 2. The molecule has 96 valence electrons. The number of hydrogen-bond donors (Lipinski definition) is 3. The molecule has 0 radical (unpaired) electrons. The standard InChI is InChI=1S/C14H14N4S/c1-10-6-8-11(9-7-10)12-4-2-3-5-13(12)14-15-16-17-18(14)19/h2-9,16-17,19H,1H3. The zero-order valence-corrected chi connectivity index (χ0v) is 11.4. The van der Waals surface area contributed by atoms with E-state index in [4.69, 9.17) is 0 Å². The van der Waals surface area contributed by atoms with E-state index in [2.05, 4.69) is 66.2 Å². The van der Waals surface area contributed by atoms with Crippen molar-refractivity contribution in [2.24, 2.45) is 5.10 Å². The monoisotopic (exact) mass is 270 g/mol. The van der Waals surface area contributed by atoms with Gasteiger partial charge in [0, 0.05) is 5.56 Å². The van der Waals surface area contributed by atoms with E-state index in [0.717, 1.165) is 22.5 Å². The second-order valence-corrected chi connectivity index (χ2v) is 4.78. The van der Waals surface area contributed by atoms with Gasteiger partial charge < -0.3 is 0 Å². The molecule has 5 heteroatoms. The fraction of sp³-hybridized carbons (Fsp3) is 0.0714. The van der Waals surface area contributed by atoms with E-state index in [1.807, 2.05) is 18.2 Å². The molecule has 19 heavy (non-hydrogen) atoms. The van der Waals surface area contributed by atoms with Gasteiger partial charge in [0.05, 0.1) is 0 Å². The Morgan fingerprint density at radius 1 is 1.00 bits per heavy atom. The molecule has 2 N–H and O–H groups in total. The molecular weight excluding hydrogens is 256 g/mol. The number of benzene rings is 2. The summed E-state index contributed by atoms with van der Waals surface area (Å²) in [5, 5.41) is 4.20. The van der Waals surface area contributed by atoms with Gasteiger partial charge >= 0.3 is 0 Å². The lowest BCUT2D eigenvalue weighted by atomic mass is 9.98. The molecule has 0 spiro atoms. The molecular formula is C14H14N4S. The van der Waals surface area contributed by atoms with Crippen LogP contribution in [0.5, 0.6) is 0 Å². The van der Waals surface area contributed by atoms with Gasteiger partial charge in [0.15, 0.2) is 5.84 Å². The topological polar surface area (TPSA) is 39.7 Å². The van der Waals surface area contributed by atoms with E-state index in [1.165, 1.54) is 5.56 Å². The zero-order valence-electron chi connectivity index (χ0n) is 10.5. The maximum absolute atomic E-state index is 4.30. The van der Waals surface area contributed by atoms with E-state index in [9.17, 15) is 0 Å².